The van der Waals surface area contributed by atoms with Gasteiger partial charge in [0.15, 0.2) is 0 Å². The molecule has 8 nitrogen and oxygen atoms in total. The average molecular weight is 453 g/mol. The van der Waals surface area contributed by atoms with Crippen molar-refractivity contribution in [3.63, 3.8) is 0 Å². The number of carbonyl (C=O) groups is 2. The second-order valence-electron chi connectivity index (χ2n) is 8.72. The summed E-state index contributed by atoms with van der Waals surface area (Å²) >= 11 is 0. The van der Waals surface area contributed by atoms with Crippen molar-refractivity contribution in [1.82, 2.24) is 15.6 Å². The van der Waals surface area contributed by atoms with Gasteiger partial charge in [-0.1, -0.05) is 6.07 Å². The number of methoxy groups -OCH3 is 2. The van der Waals surface area contributed by atoms with E-state index in [0.29, 0.717) is 36.4 Å². The number of carbonyl (C=O) groups excluding carboxylic acids is 2. The summed E-state index contributed by atoms with van der Waals surface area (Å²) in [7, 11) is 3.22. The van der Waals surface area contributed by atoms with Gasteiger partial charge in [-0.25, -0.2) is 4.98 Å². The van der Waals surface area contributed by atoms with E-state index in [9.17, 15) is 9.59 Å². The molecule has 2 aromatic rings. The van der Waals surface area contributed by atoms with Crippen molar-refractivity contribution in [2.24, 2.45) is 0 Å². The largest absolute Gasteiger partial charge is 0.496 e. The van der Waals surface area contributed by atoms with Crippen molar-refractivity contribution in [3.05, 3.63) is 53.2 Å². The van der Waals surface area contributed by atoms with Crippen LogP contribution in [0.1, 0.15) is 52.0 Å². The van der Waals surface area contributed by atoms with Crippen LogP contribution in [0.5, 0.6) is 5.75 Å². The summed E-state index contributed by atoms with van der Waals surface area (Å²) in [6, 6.07) is 10.1. The summed E-state index contributed by atoms with van der Waals surface area (Å²) in [5.74, 6) is 1.42. The molecule has 2 aliphatic rings. The number of nitrogens with zero attached hydrogens (tertiary/aromatic N) is 2. The Kier molecular flexibility index (Phi) is 7.13. The number of hydrogen-bond donors (Lipinski definition) is 2. The van der Waals surface area contributed by atoms with Crippen molar-refractivity contribution in [2.45, 2.75) is 50.7 Å². The molecule has 2 amide bonds. The third kappa shape index (κ3) is 4.95. The fourth-order valence-electron chi connectivity index (χ4n) is 5.06. The van der Waals surface area contributed by atoms with Crippen molar-refractivity contribution in [2.75, 3.05) is 32.3 Å². The van der Waals surface area contributed by atoms with Gasteiger partial charge in [0.05, 0.1) is 19.3 Å². The fraction of sp³-hybridized carbons (Fsp3) is 0.480. The Morgan fingerprint density at radius 2 is 1.85 bits per heavy atom. The molecule has 176 valence electrons. The molecule has 1 aromatic carbocycles. The number of rotatable bonds is 8. The minimum atomic E-state index is -0.150. The van der Waals surface area contributed by atoms with E-state index in [1.807, 2.05) is 37.3 Å². The van der Waals surface area contributed by atoms with Gasteiger partial charge in [0.2, 0.25) is 0 Å². The van der Waals surface area contributed by atoms with Gasteiger partial charge in [0, 0.05) is 49.1 Å². The normalized spacial score (nSPS) is 21.5. The van der Waals surface area contributed by atoms with Gasteiger partial charge < -0.3 is 25.0 Å². The predicted octanol–water partition coefficient (Wildman–Crippen LogP) is 2.70. The van der Waals surface area contributed by atoms with Gasteiger partial charge in [0.25, 0.3) is 11.8 Å². The molecule has 2 fully saturated rings. The van der Waals surface area contributed by atoms with E-state index in [0.717, 1.165) is 42.8 Å². The summed E-state index contributed by atoms with van der Waals surface area (Å²) in [4.78, 5) is 32.1. The molecule has 0 saturated carbocycles. The molecular weight excluding hydrogens is 420 g/mol. The van der Waals surface area contributed by atoms with Crippen LogP contribution in [0.25, 0.3) is 0 Å². The lowest BCUT2D eigenvalue weighted by Gasteiger charge is -2.40. The highest BCUT2D eigenvalue weighted by atomic mass is 16.5. The van der Waals surface area contributed by atoms with E-state index >= 15 is 0 Å². The first-order valence-corrected chi connectivity index (χ1v) is 11.5. The van der Waals surface area contributed by atoms with Crippen LogP contribution in [0.4, 0.5) is 5.82 Å². The highest BCUT2D eigenvalue weighted by Crippen LogP contribution is 2.38. The quantitative estimate of drug-likeness (QED) is 0.599. The van der Waals surface area contributed by atoms with E-state index in [4.69, 9.17) is 9.47 Å². The summed E-state index contributed by atoms with van der Waals surface area (Å²) in [5, 5.41) is 6.06. The topological polar surface area (TPSA) is 92.8 Å². The zero-order valence-corrected chi connectivity index (χ0v) is 19.5. The van der Waals surface area contributed by atoms with Crippen LogP contribution in [0, 0.1) is 6.92 Å². The van der Waals surface area contributed by atoms with E-state index < -0.39 is 0 Å². The molecule has 0 aliphatic carbocycles. The van der Waals surface area contributed by atoms with Crippen LogP contribution in [0.15, 0.2) is 36.5 Å². The number of piperidine rings is 1. The van der Waals surface area contributed by atoms with E-state index in [-0.39, 0.29) is 17.9 Å². The van der Waals surface area contributed by atoms with Gasteiger partial charge in [-0.2, -0.15) is 0 Å². The van der Waals surface area contributed by atoms with Crippen LogP contribution >= 0.6 is 0 Å². The Morgan fingerprint density at radius 1 is 1.09 bits per heavy atom. The summed E-state index contributed by atoms with van der Waals surface area (Å²) in [6.45, 7) is 2.85. The monoisotopic (exact) mass is 452 g/mol. The van der Waals surface area contributed by atoms with Crippen LogP contribution in [-0.4, -0.2) is 62.3 Å². The number of anilines is 1. The molecular formula is C25H32N4O4. The van der Waals surface area contributed by atoms with Crippen LogP contribution < -0.4 is 20.3 Å². The Balaban J connectivity index is 1.38. The van der Waals surface area contributed by atoms with Crippen molar-refractivity contribution in [1.29, 1.82) is 0 Å². The number of aromatic nitrogens is 1. The zero-order valence-electron chi connectivity index (χ0n) is 19.5. The van der Waals surface area contributed by atoms with Crippen LogP contribution in [0.2, 0.25) is 0 Å². The molecule has 0 spiro atoms. The number of pyridine rings is 1. The first kappa shape index (κ1) is 23.0. The number of ether oxygens (including phenoxy) is 2. The predicted molar refractivity (Wildman–Crippen MR) is 126 cm³/mol. The van der Waals surface area contributed by atoms with Crippen molar-refractivity contribution in [3.8, 4) is 5.75 Å². The minimum absolute atomic E-state index is 0.0498. The third-order valence-electron chi connectivity index (χ3n) is 6.68. The third-order valence-corrected chi connectivity index (χ3v) is 6.68. The molecule has 2 bridgehead atoms. The van der Waals surface area contributed by atoms with Crippen molar-refractivity contribution < 1.29 is 19.1 Å². The molecule has 2 N–H and O–H groups in total. The molecule has 2 aliphatic heterocycles. The maximum absolute atomic E-state index is 12.9. The number of fused-ring (bicyclic) bond motifs is 2. The fourth-order valence-corrected chi connectivity index (χ4v) is 5.06. The molecule has 1 unspecified atom stereocenters. The summed E-state index contributed by atoms with van der Waals surface area (Å²) < 4.78 is 10.3. The van der Waals surface area contributed by atoms with Gasteiger partial charge >= 0.3 is 0 Å². The highest BCUT2D eigenvalue weighted by molar-refractivity contribution is 5.96. The Morgan fingerprint density at radius 3 is 2.48 bits per heavy atom. The van der Waals surface area contributed by atoms with Crippen molar-refractivity contribution >= 4 is 17.6 Å². The summed E-state index contributed by atoms with van der Waals surface area (Å²) in [5.41, 5.74) is 2.05. The van der Waals surface area contributed by atoms with Gasteiger partial charge in [-0.05, 0) is 56.9 Å². The second kappa shape index (κ2) is 10.2. The Labute approximate surface area is 194 Å². The molecule has 3 atom stereocenters. The average Bonchev–Trinajstić information content (AvgIpc) is 3.09. The highest BCUT2D eigenvalue weighted by Gasteiger charge is 2.41. The number of nitrogens with one attached hydrogen (secondary N) is 2. The van der Waals surface area contributed by atoms with Gasteiger partial charge in [-0.3, -0.25) is 9.59 Å². The van der Waals surface area contributed by atoms with E-state index in [2.05, 4.69) is 20.5 Å². The molecule has 1 aromatic heterocycles. The maximum atomic E-state index is 12.9. The Bertz CT molecular complexity index is 980. The molecule has 0 radical (unpaired) electrons. The number of hydrogen-bond acceptors (Lipinski definition) is 6. The lowest BCUT2D eigenvalue weighted by Crippen LogP contribution is -2.50. The van der Waals surface area contributed by atoms with E-state index in [1.54, 1.807) is 20.4 Å². The van der Waals surface area contributed by atoms with Crippen LogP contribution in [0.3, 0.4) is 0 Å². The lowest BCUT2D eigenvalue weighted by molar-refractivity contribution is 0.0922. The maximum Gasteiger partial charge on any atom is 0.252 e. The molecule has 4 rings (SSSR count). The van der Waals surface area contributed by atoms with Gasteiger partial charge in [-0.15, -0.1) is 0 Å². The second-order valence-corrected chi connectivity index (χ2v) is 8.72. The number of benzene rings is 1. The standard InChI is InChI=1S/C25H32N4O4/c1-16-21(5-4-6-22(16)33-3)25(31)28-18-13-19-8-9-20(14-18)29(19)23-10-7-17(15-27-23)24(30)26-11-12-32-2/h4-7,10,15,18-20H,8-9,11-14H2,1-3H3,(H,26,30)(H,28,31)/t18?,19-,20+. The van der Waals surface area contributed by atoms with E-state index in [1.165, 1.54) is 0 Å². The Hall–Kier alpha value is -3.13. The smallest absolute Gasteiger partial charge is 0.252 e. The van der Waals surface area contributed by atoms with Gasteiger partial charge in [0.1, 0.15) is 11.6 Å². The molecule has 2 saturated heterocycles. The SMILES string of the molecule is COCCNC(=O)c1ccc(N2[C@@H]3CC[C@H]2CC(NC(=O)c2cccc(OC)c2C)C3)nc1. The molecule has 8 heteroatoms. The lowest BCUT2D eigenvalue weighted by atomic mass is 9.96. The number of amides is 2. The van der Waals surface area contributed by atoms with Crippen LogP contribution in [-0.2, 0) is 4.74 Å². The minimum Gasteiger partial charge on any atom is -0.496 e. The summed E-state index contributed by atoms with van der Waals surface area (Å²) in [6.07, 6.45) is 5.56. The molecule has 33 heavy (non-hydrogen) atoms. The molecule has 3 heterocycles. The zero-order chi connectivity index (χ0) is 23.4. The first-order valence-electron chi connectivity index (χ1n) is 11.5. The first-order chi connectivity index (χ1) is 16.0.